The van der Waals surface area contributed by atoms with E-state index in [0.717, 1.165) is 11.1 Å². The number of non-ortho nitro benzene ring substituents is 1. The predicted octanol–water partition coefficient (Wildman–Crippen LogP) is 2.60. The van der Waals surface area contributed by atoms with E-state index in [-0.39, 0.29) is 11.4 Å². The normalized spacial score (nSPS) is 10.3. The Labute approximate surface area is 122 Å². The van der Waals surface area contributed by atoms with Crippen LogP contribution in [0.1, 0.15) is 11.1 Å². The van der Waals surface area contributed by atoms with E-state index in [0.29, 0.717) is 18.8 Å². The van der Waals surface area contributed by atoms with E-state index in [1.165, 1.54) is 19.2 Å². The first kappa shape index (κ1) is 14.8. The van der Waals surface area contributed by atoms with Crippen LogP contribution in [-0.2, 0) is 13.1 Å². The lowest BCUT2D eigenvalue weighted by Gasteiger charge is -2.09. The molecule has 0 radical (unpaired) electrons. The molecule has 2 rings (SSSR count). The number of para-hydroxylation sites is 1. The molecule has 21 heavy (non-hydrogen) atoms. The molecule has 2 aromatic carbocycles. The molecule has 0 aliphatic heterocycles. The number of ether oxygens (including phenoxy) is 1. The van der Waals surface area contributed by atoms with Crippen molar-refractivity contribution in [2.45, 2.75) is 13.1 Å². The minimum atomic E-state index is -0.425. The van der Waals surface area contributed by atoms with Gasteiger partial charge in [0, 0.05) is 30.8 Å². The number of phenols is 1. The summed E-state index contributed by atoms with van der Waals surface area (Å²) in [5.41, 5.74) is 1.74. The summed E-state index contributed by atoms with van der Waals surface area (Å²) in [6.45, 7) is 1.02. The lowest BCUT2D eigenvalue weighted by Crippen LogP contribution is -2.12. The minimum Gasteiger partial charge on any atom is -0.504 e. The predicted molar refractivity (Wildman–Crippen MR) is 78.3 cm³/mol. The number of aromatic hydroxyl groups is 1. The van der Waals surface area contributed by atoms with Gasteiger partial charge in [-0.25, -0.2) is 0 Å². The number of rotatable bonds is 6. The first-order valence-corrected chi connectivity index (χ1v) is 6.40. The average molecular weight is 288 g/mol. The number of methoxy groups -OCH3 is 1. The Morgan fingerprint density at radius 2 is 1.90 bits per heavy atom. The first-order valence-electron chi connectivity index (χ1n) is 6.40. The highest BCUT2D eigenvalue weighted by Gasteiger charge is 2.07. The van der Waals surface area contributed by atoms with E-state index < -0.39 is 4.92 Å². The first-order chi connectivity index (χ1) is 10.1. The number of nitro groups is 1. The summed E-state index contributed by atoms with van der Waals surface area (Å²) in [6.07, 6.45) is 0. The molecule has 0 atom stereocenters. The van der Waals surface area contributed by atoms with Crippen molar-refractivity contribution in [1.82, 2.24) is 5.32 Å². The maximum atomic E-state index is 10.6. The molecule has 0 heterocycles. The van der Waals surface area contributed by atoms with Gasteiger partial charge in [-0.3, -0.25) is 10.1 Å². The molecule has 110 valence electrons. The number of hydrogen-bond acceptors (Lipinski definition) is 5. The fourth-order valence-electron chi connectivity index (χ4n) is 1.95. The molecule has 0 aliphatic carbocycles. The van der Waals surface area contributed by atoms with Crippen molar-refractivity contribution in [1.29, 1.82) is 0 Å². The summed E-state index contributed by atoms with van der Waals surface area (Å²) >= 11 is 0. The molecule has 0 amide bonds. The van der Waals surface area contributed by atoms with Gasteiger partial charge in [0.2, 0.25) is 0 Å². The molecule has 0 aliphatic rings. The quantitative estimate of drug-likeness (QED) is 0.630. The summed E-state index contributed by atoms with van der Waals surface area (Å²) in [6, 6.07) is 11.7. The van der Waals surface area contributed by atoms with E-state index in [4.69, 9.17) is 4.74 Å². The third kappa shape index (κ3) is 3.70. The summed E-state index contributed by atoms with van der Waals surface area (Å²) in [7, 11) is 1.50. The van der Waals surface area contributed by atoms with Crippen LogP contribution >= 0.6 is 0 Å². The smallest absolute Gasteiger partial charge is 0.269 e. The Balaban J connectivity index is 1.94. The summed E-state index contributed by atoms with van der Waals surface area (Å²) in [5.74, 6) is 0.556. The third-order valence-electron chi connectivity index (χ3n) is 3.09. The molecule has 0 bridgehead atoms. The van der Waals surface area contributed by atoms with Gasteiger partial charge >= 0.3 is 0 Å². The van der Waals surface area contributed by atoms with Gasteiger partial charge in [0.15, 0.2) is 11.5 Å². The van der Waals surface area contributed by atoms with Crippen LogP contribution in [0.15, 0.2) is 42.5 Å². The molecule has 6 nitrogen and oxygen atoms in total. The molecule has 0 spiro atoms. The Hall–Kier alpha value is -2.60. The molecule has 2 aromatic rings. The van der Waals surface area contributed by atoms with E-state index in [9.17, 15) is 15.2 Å². The van der Waals surface area contributed by atoms with Gasteiger partial charge in [0.1, 0.15) is 0 Å². The lowest BCUT2D eigenvalue weighted by molar-refractivity contribution is -0.384. The summed E-state index contributed by atoms with van der Waals surface area (Å²) < 4.78 is 5.04. The molecule has 2 N–H and O–H groups in total. The third-order valence-corrected chi connectivity index (χ3v) is 3.09. The van der Waals surface area contributed by atoms with Crippen LogP contribution < -0.4 is 10.1 Å². The van der Waals surface area contributed by atoms with Crippen LogP contribution in [0.4, 0.5) is 5.69 Å². The Bertz CT molecular complexity index is 626. The zero-order valence-corrected chi connectivity index (χ0v) is 11.6. The number of benzene rings is 2. The Morgan fingerprint density at radius 3 is 2.52 bits per heavy atom. The zero-order valence-electron chi connectivity index (χ0n) is 11.6. The average Bonchev–Trinajstić information content (AvgIpc) is 2.49. The van der Waals surface area contributed by atoms with Crippen LogP contribution in [0.3, 0.4) is 0 Å². The van der Waals surface area contributed by atoms with E-state index in [1.807, 2.05) is 0 Å². The fraction of sp³-hybridized carbons (Fsp3) is 0.200. The number of phenolic OH excluding ortho intramolecular Hbond substituents is 1. The largest absolute Gasteiger partial charge is 0.504 e. The van der Waals surface area contributed by atoms with Gasteiger partial charge < -0.3 is 15.2 Å². The van der Waals surface area contributed by atoms with Gasteiger partial charge in [0.25, 0.3) is 5.69 Å². The Kier molecular flexibility index (Phi) is 4.73. The van der Waals surface area contributed by atoms with Crippen molar-refractivity contribution in [3.05, 3.63) is 63.7 Å². The number of hydrogen-bond donors (Lipinski definition) is 2. The fourth-order valence-corrected chi connectivity index (χ4v) is 1.95. The zero-order chi connectivity index (χ0) is 15.2. The van der Waals surface area contributed by atoms with Crippen molar-refractivity contribution in [3.63, 3.8) is 0 Å². The van der Waals surface area contributed by atoms with Crippen LogP contribution in [0.5, 0.6) is 11.5 Å². The van der Waals surface area contributed by atoms with Gasteiger partial charge in [-0.05, 0) is 11.6 Å². The Morgan fingerprint density at radius 1 is 1.19 bits per heavy atom. The van der Waals surface area contributed by atoms with Crippen molar-refractivity contribution >= 4 is 5.69 Å². The highest BCUT2D eigenvalue weighted by atomic mass is 16.6. The second kappa shape index (κ2) is 6.71. The molecular formula is C15H16N2O4. The molecular weight excluding hydrogens is 272 g/mol. The maximum absolute atomic E-state index is 10.6. The molecule has 0 aromatic heterocycles. The van der Waals surface area contributed by atoms with E-state index in [1.54, 1.807) is 30.3 Å². The molecule has 6 heteroatoms. The second-order valence-corrected chi connectivity index (χ2v) is 4.50. The van der Waals surface area contributed by atoms with Crippen molar-refractivity contribution in [2.24, 2.45) is 0 Å². The standard InChI is InChI=1S/C15H16N2O4/c1-21-14-4-2-3-12(15(14)18)10-16-9-11-5-7-13(8-6-11)17(19)20/h2-8,16,18H,9-10H2,1H3. The number of nitrogens with one attached hydrogen (secondary N) is 1. The van der Waals surface area contributed by atoms with Crippen molar-refractivity contribution in [3.8, 4) is 11.5 Å². The van der Waals surface area contributed by atoms with Gasteiger partial charge in [-0.2, -0.15) is 0 Å². The second-order valence-electron chi connectivity index (χ2n) is 4.50. The number of nitrogens with zero attached hydrogens (tertiary/aromatic N) is 1. The highest BCUT2D eigenvalue weighted by molar-refractivity contribution is 5.45. The monoisotopic (exact) mass is 288 g/mol. The lowest BCUT2D eigenvalue weighted by atomic mass is 10.1. The van der Waals surface area contributed by atoms with Crippen LogP contribution in [-0.4, -0.2) is 17.1 Å². The highest BCUT2D eigenvalue weighted by Crippen LogP contribution is 2.29. The van der Waals surface area contributed by atoms with E-state index in [2.05, 4.69) is 5.32 Å². The minimum absolute atomic E-state index is 0.0733. The maximum Gasteiger partial charge on any atom is 0.269 e. The summed E-state index contributed by atoms with van der Waals surface area (Å²) in [5, 5.41) is 23.7. The molecule has 0 saturated carbocycles. The van der Waals surface area contributed by atoms with Crippen LogP contribution in [0.2, 0.25) is 0 Å². The molecule has 0 saturated heterocycles. The van der Waals surface area contributed by atoms with Crippen molar-refractivity contribution < 1.29 is 14.8 Å². The van der Waals surface area contributed by atoms with E-state index >= 15 is 0 Å². The van der Waals surface area contributed by atoms with Crippen LogP contribution in [0, 0.1) is 10.1 Å². The van der Waals surface area contributed by atoms with Gasteiger partial charge in [-0.15, -0.1) is 0 Å². The van der Waals surface area contributed by atoms with Gasteiger partial charge in [-0.1, -0.05) is 24.3 Å². The molecule has 0 unspecified atom stereocenters. The summed E-state index contributed by atoms with van der Waals surface area (Å²) in [4.78, 5) is 10.1. The topological polar surface area (TPSA) is 84.6 Å². The van der Waals surface area contributed by atoms with Crippen LogP contribution in [0.25, 0.3) is 0 Å². The van der Waals surface area contributed by atoms with Gasteiger partial charge in [0.05, 0.1) is 12.0 Å². The molecule has 0 fully saturated rings. The number of nitro benzene ring substituents is 1. The van der Waals surface area contributed by atoms with Crippen molar-refractivity contribution in [2.75, 3.05) is 7.11 Å². The SMILES string of the molecule is COc1cccc(CNCc2ccc([N+](=O)[O-])cc2)c1O.